The molecule has 0 spiro atoms. The lowest BCUT2D eigenvalue weighted by Crippen LogP contribution is -2.34. The molecule has 0 fully saturated rings. The highest BCUT2D eigenvalue weighted by Crippen LogP contribution is 2.35. The molecule has 0 radical (unpaired) electrons. The van der Waals surface area contributed by atoms with E-state index < -0.39 is 11.7 Å². The van der Waals surface area contributed by atoms with Gasteiger partial charge in [-0.05, 0) is 30.4 Å². The third-order valence-electron chi connectivity index (χ3n) is 3.32. The summed E-state index contributed by atoms with van der Waals surface area (Å²) in [4.78, 5) is 5.59. The van der Waals surface area contributed by atoms with Crippen LogP contribution in [0.2, 0.25) is 5.02 Å². The van der Waals surface area contributed by atoms with Crippen molar-refractivity contribution < 1.29 is 13.2 Å². The second-order valence-electron chi connectivity index (χ2n) is 5.00. The van der Waals surface area contributed by atoms with Gasteiger partial charge in [-0.2, -0.15) is 18.3 Å². The summed E-state index contributed by atoms with van der Waals surface area (Å²) in [5.74, 6) is 0.386. The minimum atomic E-state index is -4.48. The molecular formula is C15H10ClF3N4S2. The van der Waals surface area contributed by atoms with Gasteiger partial charge in [0.15, 0.2) is 6.17 Å². The molecule has 3 rings (SSSR count). The summed E-state index contributed by atoms with van der Waals surface area (Å²) in [6.07, 6.45) is -4.08. The van der Waals surface area contributed by atoms with E-state index in [4.69, 9.17) is 23.8 Å². The molecule has 10 heteroatoms. The zero-order valence-electron chi connectivity index (χ0n) is 12.4. The molecule has 0 N–H and O–H groups in total. The van der Waals surface area contributed by atoms with Crippen LogP contribution in [0.4, 0.5) is 18.9 Å². The number of nitrogens with zero attached hydrogens (tertiary/aromatic N) is 4. The number of anilines is 1. The Bertz CT molecular complexity index is 814. The molecule has 0 aliphatic carbocycles. The van der Waals surface area contributed by atoms with Gasteiger partial charge in [-0.15, -0.1) is 16.9 Å². The Morgan fingerprint density at radius 2 is 1.96 bits per heavy atom. The van der Waals surface area contributed by atoms with Crippen molar-refractivity contribution in [3.05, 3.63) is 53.2 Å². The van der Waals surface area contributed by atoms with Crippen LogP contribution in [0.15, 0.2) is 57.8 Å². The van der Waals surface area contributed by atoms with Crippen LogP contribution in [0, 0.1) is 0 Å². The van der Waals surface area contributed by atoms with Crippen molar-refractivity contribution in [1.82, 2.24) is 4.98 Å². The Balaban J connectivity index is 1.73. The van der Waals surface area contributed by atoms with E-state index in [1.165, 1.54) is 11.8 Å². The fourth-order valence-electron chi connectivity index (χ4n) is 2.16. The van der Waals surface area contributed by atoms with Gasteiger partial charge in [0, 0.05) is 17.6 Å². The fraction of sp³-hybridized carbons (Fsp3) is 0.200. The van der Waals surface area contributed by atoms with Crippen LogP contribution in [0.25, 0.3) is 0 Å². The Kier molecular flexibility index (Phi) is 5.26. The number of thiocarbonyl (C=S) groups is 1. The van der Waals surface area contributed by atoms with Crippen LogP contribution in [-0.4, -0.2) is 22.0 Å². The average Bonchev–Trinajstić information content (AvgIpc) is 2.94. The van der Waals surface area contributed by atoms with Crippen LogP contribution in [0.1, 0.15) is 5.56 Å². The van der Waals surface area contributed by atoms with Gasteiger partial charge in [-0.3, -0.25) is 4.90 Å². The van der Waals surface area contributed by atoms with Crippen molar-refractivity contribution in [2.45, 2.75) is 17.4 Å². The van der Waals surface area contributed by atoms with Gasteiger partial charge >= 0.3 is 6.18 Å². The molecule has 1 aliphatic rings. The number of azo groups is 1. The maximum absolute atomic E-state index is 12.7. The lowest BCUT2D eigenvalue weighted by molar-refractivity contribution is -0.137. The number of hydrogen-bond donors (Lipinski definition) is 0. The number of benzene rings is 1. The first-order valence-electron chi connectivity index (χ1n) is 7.01. The summed E-state index contributed by atoms with van der Waals surface area (Å²) in [6.45, 7) is 0. The topological polar surface area (TPSA) is 40.9 Å². The molecule has 0 bridgehead atoms. The molecule has 0 saturated heterocycles. The maximum Gasteiger partial charge on any atom is 0.417 e. The summed E-state index contributed by atoms with van der Waals surface area (Å²) in [5.41, 5.74) is -0.0379. The molecule has 1 aromatic carbocycles. The number of halogens is 4. The normalized spacial score (nSPS) is 17.4. The zero-order valence-corrected chi connectivity index (χ0v) is 14.8. The van der Waals surface area contributed by atoms with E-state index in [1.807, 2.05) is 30.3 Å². The van der Waals surface area contributed by atoms with Gasteiger partial charge in [0.2, 0.25) is 5.11 Å². The van der Waals surface area contributed by atoms with Gasteiger partial charge in [0.25, 0.3) is 0 Å². The highest BCUT2D eigenvalue weighted by Gasteiger charge is 2.32. The van der Waals surface area contributed by atoms with Crippen molar-refractivity contribution >= 4 is 46.4 Å². The van der Waals surface area contributed by atoms with Gasteiger partial charge in [0.05, 0.1) is 10.6 Å². The molecule has 1 aliphatic heterocycles. The molecule has 2 aromatic rings. The van der Waals surface area contributed by atoms with Crippen LogP contribution in [-0.2, 0) is 6.18 Å². The van der Waals surface area contributed by atoms with E-state index >= 15 is 0 Å². The number of rotatable bonds is 4. The summed E-state index contributed by atoms with van der Waals surface area (Å²) in [7, 11) is 0. The highest BCUT2D eigenvalue weighted by atomic mass is 35.5. The third-order valence-corrected chi connectivity index (χ3v) is 5.06. The van der Waals surface area contributed by atoms with E-state index in [0.29, 0.717) is 15.9 Å². The third kappa shape index (κ3) is 4.10. The predicted octanol–water partition coefficient (Wildman–Crippen LogP) is 5.43. The van der Waals surface area contributed by atoms with E-state index in [0.717, 1.165) is 18.0 Å². The number of para-hydroxylation sites is 1. The second kappa shape index (κ2) is 7.27. The maximum atomic E-state index is 12.7. The summed E-state index contributed by atoms with van der Waals surface area (Å²) in [6, 6.07) is 10.2. The van der Waals surface area contributed by atoms with Crippen molar-refractivity contribution in [2.24, 2.45) is 10.2 Å². The van der Waals surface area contributed by atoms with Gasteiger partial charge in [0.1, 0.15) is 5.03 Å². The van der Waals surface area contributed by atoms with Gasteiger partial charge < -0.3 is 0 Å². The summed E-state index contributed by atoms with van der Waals surface area (Å²) in [5, 5.41) is 8.62. The minimum Gasteiger partial charge on any atom is -0.290 e. The van der Waals surface area contributed by atoms with E-state index in [2.05, 4.69) is 15.2 Å². The largest absolute Gasteiger partial charge is 0.417 e. The quantitative estimate of drug-likeness (QED) is 0.505. The van der Waals surface area contributed by atoms with Gasteiger partial charge in [-0.25, -0.2) is 4.98 Å². The lowest BCUT2D eigenvalue weighted by Gasteiger charge is -2.22. The first-order chi connectivity index (χ1) is 11.9. The number of hydrogen-bond acceptors (Lipinski definition) is 4. The summed E-state index contributed by atoms with van der Waals surface area (Å²) < 4.78 is 38.0. The predicted molar refractivity (Wildman–Crippen MR) is 95.1 cm³/mol. The SMILES string of the molecule is FC(F)(F)c1cnc(SCC2N=NC(=S)N2c2ccccc2)c(Cl)c1. The van der Waals surface area contributed by atoms with Crippen LogP contribution < -0.4 is 4.90 Å². The lowest BCUT2D eigenvalue weighted by atomic mass is 10.3. The Hall–Kier alpha value is -1.71. The van der Waals surface area contributed by atoms with E-state index in [9.17, 15) is 13.2 Å². The smallest absolute Gasteiger partial charge is 0.290 e. The zero-order chi connectivity index (χ0) is 18.0. The fourth-order valence-corrected chi connectivity index (χ4v) is 3.61. The molecule has 1 aromatic heterocycles. The van der Waals surface area contributed by atoms with Crippen LogP contribution in [0.3, 0.4) is 0 Å². The van der Waals surface area contributed by atoms with E-state index in [1.54, 1.807) is 4.90 Å². The molecule has 4 nitrogen and oxygen atoms in total. The van der Waals surface area contributed by atoms with Crippen molar-refractivity contribution in [3.63, 3.8) is 0 Å². The number of alkyl halides is 3. The number of pyridine rings is 1. The monoisotopic (exact) mass is 402 g/mol. The molecule has 0 saturated carbocycles. The van der Waals surface area contributed by atoms with E-state index in [-0.39, 0.29) is 11.2 Å². The summed E-state index contributed by atoms with van der Waals surface area (Å²) >= 11 is 12.3. The number of aromatic nitrogens is 1. The first kappa shape index (κ1) is 18.1. The minimum absolute atomic E-state index is 0.0522. The van der Waals surface area contributed by atoms with Crippen molar-refractivity contribution in [1.29, 1.82) is 0 Å². The Morgan fingerprint density at radius 1 is 1.24 bits per heavy atom. The van der Waals surface area contributed by atoms with Gasteiger partial charge in [-0.1, -0.05) is 29.8 Å². The van der Waals surface area contributed by atoms with Crippen molar-refractivity contribution in [2.75, 3.05) is 10.7 Å². The van der Waals surface area contributed by atoms with Crippen LogP contribution in [0.5, 0.6) is 0 Å². The molecule has 25 heavy (non-hydrogen) atoms. The Labute approximate surface area is 156 Å². The molecule has 1 unspecified atom stereocenters. The molecule has 2 heterocycles. The highest BCUT2D eigenvalue weighted by molar-refractivity contribution is 7.99. The standard InChI is InChI=1S/C15H10ClF3N4S2/c16-11-6-9(15(17,18)19)7-20-13(11)25-8-12-21-22-14(24)23(12)10-4-2-1-3-5-10/h1-7,12H,8H2. The average molecular weight is 403 g/mol. The Morgan fingerprint density at radius 3 is 2.60 bits per heavy atom. The van der Waals surface area contributed by atoms with Crippen LogP contribution >= 0.6 is 35.6 Å². The molecule has 130 valence electrons. The first-order valence-corrected chi connectivity index (χ1v) is 8.78. The number of thioether (sulfide) groups is 1. The molecular weight excluding hydrogens is 393 g/mol. The second-order valence-corrected chi connectivity index (χ2v) is 6.79. The molecule has 1 atom stereocenters. The van der Waals surface area contributed by atoms with Crippen molar-refractivity contribution in [3.8, 4) is 0 Å². The molecule has 0 amide bonds.